The number of fused-ring (bicyclic) bond motifs is 3. The van der Waals surface area contributed by atoms with E-state index in [1.165, 1.54) is 5.56 Å². The third kappa shape index (κ3) is 4.69. The van der Waals surface area contributed by atoms with E-state index in [0.717, 1.165) is 43.4 Å². The van der Waals surface area contributed by atoms with Gasteiger partial charge in [0, 0.05) is 23.8 Å². The molecule has 0 spiro atoms. The maximum atomic E-state index is 12.5. The molecule has 3 rings (SSSR count). The number of benzene rings is 1. The number of hydrogen-bond acceptors (Lipinski definition) is 4. The molecule has 5 unspecified atom stereocenters. The van der Waals surface area contributed by atoms with E-state index < -0.39 is 0 Å². The number of aliphatic hydroxyl groups excluding tert-OH is 1. The summed E-state index contributed by atoms with van der Waals surface area (Å²) >= 11 is 0. The van der Waals surface area contributed by atoms with Gasteiger partial charge >= 0.3 is 5.97 Å². The van der Waals surface area contributed by atoms with Gasteiger partial charge in [-0.1, -0.05) is 40.5 Å². The first-order chi connectivity index (χ1) is 14.2. The van der Waals surface area contributed by atoms with Gasteiger partial charge in [0.2, 0.25) is 0 Å². The molecule has 0 radical (unpaired) electrons. The summed E-state index contributed by atoms with van der Waals surface area (Å²) in [5, 5.41) is 10.4. The number of ether oxygens (including phenoxy) is 2. The van der Waals surface area contributed by atoms with E-state index in [9.17, 15) is 9.90 Å². The summed E-state index contributed by atoms with van der Waals surface area (Å²) in [6.07, 6.45) is 5.60. The van der Waals surface area contributed by atoms with Crippen molar-refractivity contribution in [2.24, 2.45) is 11.8 Å². The van der Waals surface area contributed by atoms with Gasteiger partial charge in [-0.3, -0.25) is 4.79 Å². The van der Waals surface area contributed by atoms with Gasteiger partial charge < -0.3 is 14.6 Å². The third-order valence-electron chi connectivity index (χ3n) is 7.39. The van der Waals surface area contributed by atoms with Crippen LogP contribution in [0.2, 0.25) is 0 Å². The second kappa shape index (κ2) is 9.30. The molecule has 1 saturated carbocycles. The fraction of sp³-hybridized carbons (Fsp3) is 0.731. The van der Waals surface area contributed by atoms with Crippen molar-refractivity contribution in [3.8, 4) is 11.5 Å². The lowest BCUT2D eigenvalue weighted by Crippen LogP contribution is -2.47. The maximum absolute atomic E-state index is 12.5. The minimum absolute atomic E-state index is 0.148. The molecule has 1 aromatic carbocycles. The minimum Gasteiger partial charge on any atom is -0.487 e. The molecule has 5 atom stereocenters. The fourth-order valence-corrected chi connectivity index (χ4v) is 5.49. The minimum atomic E-state index is -0.310. The van der Waals surface area contributed by atoms with Crippen LogP contribution in [0.25, 0.3) is 0 Å². The van der Waals surface area contributed by atoms with Gasteiger partial charge in [-0.25, -0.2) is 0 Å². The zero-order chi connectivity index (χ0) is 22.1. The topological polar surface area (TPSA) is 55.8 Å². The highest BCUT2D eigenvalue weighted by atomic mass is 16.5. The van der Waals surface area contributed by atoms with Gasteiger partial charge in [0.15, 0.2) is 0 Å². The molecule has 1 aliphatic carbocycles. The molecular weight excluding hydrogens is 376 g/mol. The number of aliphatic hydroxyl groups is 1. The van der Waals surface area contributed by atoms with Gasteiger partial charge in [0.05, 0.1) is 6.10 Å². The van der Waals surface area contributed by atoms with Crippen LogP contribution in [0.1, 0.15) is 109 Å². The first kappa shape index (κ1) is 23.1. The van der Waals surface area contributed by atoms with E-state index in [-0.39, 0.29) is 23.6 Å². The zero-order valence-corrected chi connectivity index (χ0v) is 19.7. The Labute approximate surface area is 182 Å². The number of rotatable bonds is 7. The number of esters is 1. The molecule has 30 heavy (non-hydrogen) atoms. The van der Waals surface area contributed by atoms with E-state index >= 15 is 0 Å². The summed E-state index contributed by atoms with van der Waals surface area (Å²) < 4.78 is 12.5. The molecule has 4 heteroatoms. The Balaban J connectivity index is 2.09. The van der Waals surface area contributed by atoms with E-state index in [4.69, 9.17) is 9.47 Å². The highest BCUT2D eigenvalue weighted by Crippen LogP contribution is 2.55. The number of carbonyl (C=O) groups excluding carboxylic acids is 1. The largest absolute Gasteiger partial charge is 0.487 e. The van der Waals surface area contributed by atoms with E-state index in [1.807, 2.05) is 6.92 Å². The summed E-state index contributed by atoms with van der Waals surface area (Å²) in [6.45, 7) is 13.1. The Hall–Kier alpha value is -1.55. The van der Waals surface area contributed by atoms with Crippen LogP contribution in [-0.4, -0.2) is 22.8 Å². The Morgan fingerprint density at radius 2 is 1.97 bits per heavy atom. The smallest absolute Gasteiger partial charge is 0.311 e. The molecule has 1 N–H and O–H groups in total. The Bertz CT molecular complexity index is 754. The molecule has 0 bridgehead atoms. The van der Waals surface area contributed by atoms with Gasteiger partial charge in [-0.15, -0.1) is 0 Å². The standard InChI is InChI=1S/C26H40O4/c1-7-9-16(3)17(4)18-13-22(29-24(28)10-8-2)25-20-15-19(27)11-12-21(20)26(5,6)30-23(25)14-18/h13-14,16-17,19-21,27H,7-12,15H2,1-6H3. The first-order valence-electron chi connectivity index (χ1n) is 11.9. The molecule has 4 nitrogen and oxygen atoms in total. The van der Waals surface area contributed by atoms with Crippen LogP contribution in [0.4, 0.5) is 0 Å². The normalized spacial score (nSPS) is 26.7. The van der Waals surface area contributed by atoms with Crippen molar-refractivity contribution >= 4 is 5.97 Å². The third-order valence-corrected chi connectivity index (χ3v) is 7.39. The fourth-order valence-electron chi connectivity index (χ4n) is 5.49. The molecule has 0 amide bonds. The Morgan fingerprint density at radius 1 is 1.23 bits per heavy atom. The SMILES string of the molecule is CCCC(=O)Oc1cc(C(C)C(C)CCC)cc2c1C1CC(O)CCC1C(C)(C)O2. The second-order valence-corrected chi connectivity index (χ2v) is 10.1. The maximum Gasteiger partial charge on any atom is 0.311 e. The van der Waals surface area contributed by atoms with E-state index in [2.05, 4.69) is 46.8 Å². The van der Waals surface area contributed by atoms with Crippen LogP contribution < -0.4 is 9.47 Å². The van der Waals surface area contributed by atoms with Gasteiger partial charge in [-0.05, 0) is 69.1 Å². The van der Waals surface area contributed by atoms with Crippen LogP contribution in [0.15, 0.2) is 12.1 Å². The van der Waals surface area contributed by atoms with E-state index in [0.29, 0.717) is 36.3 Å². The molecule has 1 heterocycles. The lowest BCUT2D eigenvalue weighted by atomic mass is 9.65. The molecule has 1 aliphatic heterocycles. The Kier molecular flexibility index (Phi) is 7.16. The summed E-state index contributed by atoms with van der Waals surface area (Å²) in [6, 6.07) is 4.24. The van der Waals surface area contributed by atoms with Crippen LogP contribution in [0.3, 0.4) is 0 Å². The average Bonchev–Trinajstić information content (AvgIpc) is 2.66. The predicted octanol–water partition coefficient (Wildman–Crippen LogP) is 6.35. The molecular formula is C26H40O4. The highest BCUT2D eigenvalue weighted by Gasteiger charge is 2.48. The predicted molar refractivity (Wildman–Crippen MR) is 120 cm³/mol. The zero-order valence-electron chi connectivity index (χ0n) is 19.7. The molecule has 168 valence electrons. The van der Waals surface area contributed by atoms with Gasteiger partial charge in [0.1, 0.15) is 17.1 Å². The summed E-state index contributed by atoms with van der Waals surface area (Å²) in [5.74, 6) is 2.63. The van der Waals surface area contributed by atoms with Crippen molar-refractivity contribution in [3.05, 3.63) is 23.3 Å². The van der Waals surface area contributed by atoms with E-state index in [1.54, 1.807) is 0 Å². The lowest BCUT2D eigenvalue weighted by molar-refractivity contribution is -0.134. The summed E-state index contributed by atoms with van der Waals surface area (Å²) in [4.78, 5) is 12.5. The molecule has 1 fully saturated rings. The highest BCUT2D eigenvalue weighted by molar-refractivity contribution is 5.73. The van der Waals surface area contributed by atoms with Crippen LogP contribution in [0, 0.1) is 11.8 Å². The van der Waals surface area contributed by atoms with Gasteiger partial charge in [0.25, 0.3) is 0 Å². The van der Waals surface area contributed by atoms with Crippen molar-refractivity contribution < 1.29 is 19.4 Å². The lowest BCUT2D eigenvalue weighted by Gasteiger charge is -2.48. The summed E-state index contributed by atoms with van der Waals surface area (Å²) in [7, 11) is 0. The second-order valence-electron chi connectivity index (χ2n) is 10.1. The molecule has 2 aliphatic rings. The van der Waals surface area contributed by atoms with Crippen molar-refractivity contribution in [2.45, 2.75) is 110 Å². The number of carbonyl (C=O) groups is 1. The van der Waals surface area contributed by atoms with Gasteiger partial charge in [-0.2, -0.15) is 0 Å². The molecule has 0 saturated heterocycles. The van der Waals surface area contributed by atoms with Crippen molar-refractivity contribution in [1.82, 2.24) is 0 Å². The van der Waals surface area contributed by atoms with Crippen molar-refractivity contribution in [2.75, 3.05) is 0 Å². The monoisotopic (exact) mass is 416 g/mol. The summed E-state index contributed by atoms with van der Waals surface area (Å²) in [5.41, 5.74) is 1.85. The first-order valence-corrected chi connectivity index (χ1v) is 11.9. The molecule has 0 aromatic heterocycles. The van der Waals surface area contributed by atoms with Crippen LogP contribution in [-0.2, 0) is 4.79 Å². The average molecular weight is 417 g/mol. The van der Waals surface area contributed by atoms with Crippen molar-refractivity contribution in [1.29, 1.82) is 0 Å². The quantitative estimate of drug-likeness (QED) is 0.416. The number of hydrogen-bond donors (Lipinski definition) is 1. The molecule has 1 aromatic rings. The van der Waals surface area contributed by atoms with Crippen molar-refractivity contribution in [3.63, 3.8) is 0 Å². The Morgan fingerprint density at radius 3 is 2.63 bits per heavy atom. The van der Waals surface area contributed by atoms with Crippen LogP contribution >= 0.6 is 0 Å². The van der Waals surface area contributed by atoms with Crippen LogP contribution in [0.5, 0.6) is 11.5 Å².